The number of hydrogen-bond donors (Lipinski definition) is 1. The van der Waals surface area contributed by atoms with E-state index < -0.39 is 0 Å². The molecule has 4 rings (SSSR count). The van der Waals surface area contributed by atoms with Gasteiger partial charge in [-0.1, -0.05) is 24.6 Å². The van der Waals surface area contributed by atoms with Gasteiger partial charge in [0, 0.05) is 17.8 Å². The van der Waals surface area contributed by atoms with Crippen molar-refractivity contribution in [3.8, 4) is 0 Å². The van der Waals surface area contributed by atoms with Crippen molar-refractivity contribution in [1.82, 2.24) is 4.98 Å². The van der Waals surface area contributed by atoms with E-state index in [0.717, 1.165) is 22.8 Å². The molecule has 2 heteroatoms. The smallest absolute Gasteiger partial charge is 0.0830 e. The predicted octanol–water partition coefficient (Wildman–Crippen LogP) is 3.31. The lowest BCUT2D eigenvalue weighted by atomic mass is 9.96. The third-order valence-corrected chi connectivity index (χ3v) is 4.87. The molecule has 0 saturated heterocycles. The van der Waals surface area contributed by atoms with Crippen LogP contribution in [-0.4, -0.2) is 10.1 Å². The Bertz CT molecular complexity index is 579. The highest BCUT2D eigenvalue weighted by Crippen LogP contribution is 2.62. The van der Waals surface area contributed by atoms with E-state index >= 15 is 0 Å². The fourth-order valence-corrected chi connectivity index (χ4v) is 3.95. The van der Waals surface area contributed by atoms with Crippen molar-refractivity contribution < 1.29 is 5.11 Å². The molecule has 2 aliphatic rings. The number of aromatic nitrogens is 1. The molecule has 3 atom stereocenters. The molecule has 1 heterocycles. The van der Waals surface area contributed by atoms with Gasteiger partial charge in [-0.05, 0) is 47.6 Å². The molecule has 0 aliphatic heterocycles. The van der Waals surface area contributed by atoms with Crippen molar-refractivity contribution in [3.63, 3.8) is 0 Å². The zero-order valence-corrected chi connectivity index (χ0v) is 10.3. The van der Waals surface area contributed by atoms with E-state index in [1.54, 1.807) is 0 Å². The number of nitrogens with zero attached hydrogens (tertiary/aromatic N) is 1. The largest absolute Gasteiger partial charge is 0.388 e. The van der Waals surface area contributed by atoms with Crippen molar-refractivity contribution in [2.24, 2.45) is 17.8 Å². The van der Waals surface area contributed by atoms with Crippen LogP contribution in [0.2, 0.25) is 0 Å². The Morgan fingerprint density at radius 2 is 2.00 bits per heavy atom. The molecule has 0 spiro atoms. The summed E-state index contributed by atoms with van der Waals surface area (Å²) in [5, 5.41) is 12.9. The van der Waals surface area contributed by atoms with Crippen molar-refractivity contribution in [1.29, 1.82) is 0 Å². The fraction of sp³-hybridized carbons (Fsp3) is 0.438. The number of pyridine rings is 1. The maximum absolute atomic E-state index is 10.6. The van der Waals surface area contributed by atoms with Crippen LogP contribution >= 0.6 is 0 Å². The number of hydrogen-bond acceptors (Lipinski definition) is 2. The van der Waals surface area contributed by atoms with E-state index in [2.05, 4.69) is 17.1 Å². The molecule has 0 amide bonds. The summed E-state index contributed by atoms with van der Waals surface area (Å²) in [6.07, 6.45) is 7.38. The molecule has 2 aliphatic carbocycles. The van der Waals surface area contributed by atoms with Crippen LogP contribution in [0.25, 0.3) is 10.8 Å². The van der Waals surface area contributed by atoms with Crippen LogP contribution in [0, 0.1) is 17.8 Å². The molecule has 1 N–H and O–H groups in total. The van der Waals surface area contributed by atoms with Gasteiger partial charge in [0.25, 0.3) is 0 Å². The number of fused-ring (bicyclic) bond motifs is 2. The number of benzene rings is 1. The minimum atomic E-state index is -0.298. The second-order valence-corrected chi connectivity index (χ2v) is 5.72. The fourth-order valence-electron chi connectivity index (χ4n) is 3.95. The normalized spacial score (nSPS) is 31.3. The quantitative estimate of drug-likeness (QED) is 0.872. The number of aliphatic hydroxyl groups excluding tert-OH is 1. The maximum atomic E-state index is 10.6. The summed E-state index contributed by atoms with van der Waals surface area (Å²) in [5.74, 6) is 2.07. The average molecular weight is 239 g/mol. The lowest BCUT2D eigenvalue weighted by Crippen LogP contribution is -2.05. The molecule has 92 valence electrons. The van der Waals surface area contributed by atoms with Crippen LogP contribution in [0.4, 0.5) is 0 Å². The Morgan fingerprint density at radius 3 is 2.83 bits per heavy atom. The van der Waals surface area contributed by atoms with E-state index in [0.29, 0.717) is 5.92 Å². The van der Waals surface area contributed by atoms with Crippen molar-refractivity contribution >= 4 is 10.8 Å². The van der Waals surface area contributed by atoms with Crippen LogP contribution in [0.5, 0.6) is 0 Å². The predicted molar refractivity (Wildman–Crippen MR) is 71.0 cm³/mol. The van der Waals surface area contributed by atoms with Gasteiger partial charge in [0.1, 0.15) is 0 Å². The Kier molecular flexibility index (Phi) is 2.21. The van der Waals surface area contributed by atoms with Gasteiger partial charge in [-0.3, -0.25) is 4.98 Å². The second-order valence-electron chi connectivity index (χ2n) is 5.72. The minimum Gasteiger partial charge on any atom is -0.388 e. The van der Waals surface area contributed by atoms with Gasteiger partial charge in [-0.2, -0.15) is 0 Å². The van der Waals surface area contributed by atoms with Gasteiger partial charge in [-0.25, -0.2) is 0 Å². The first kappa shape index (κ1) is 10.5. The number of aliphatic hydroxyl groups is 1. The van der Waals surface area contributed by atoms with Crippen molar-refractivity contribution in [2.45, 2.75) is 25.4 Å². The zero-order valence-electron chi connectivity index (χ0n) is 10.3. The summed E-state index contributed by atoms with van der Waals surface area (Å²) >= 11 is 0. The van der Waals surface area contributed by atoms with Crippen molar-refractivity contribution in [2.75, 3.05) is 0 Å². The molecule has 2 nitrogen and oxygen atoms in total. The summed E-state index contributed by atoms with van der Waals surface area (Å²) < 4.78 is 0. The highest BCUT2D eigenvalue weighted by Gasteiger charge is 2.56. The van der Waals surface area contributed by atoms with E-state index in [1.807, 2.05) is 24.5 Å². The van der Waals surface area contributed by atoms with Gasteiger partial charge in [0.2, 0.25) is 0 Å². The zero-order chi connectivity index (χ0) is 12.1. The van der Waals surface area contributed by atoms with Crippen LogP contribution in [0.15, 0.2) is 36.7 Å². The Hall–Kier alpha value is -1.41. The summed E-state index contributed by atoms with van der Waals surface area (Å²) in [6, 6.07) is 8.20. The van der Waals surface area contributed by atoms with Gasteiger partial charge in [0.05, 0.1) is 6.10 Å². The average Bonchev–Trinajstić information content (AvgIpc) is 2.90. The van der Waals surface area contributed by atoms with Gasteiger partial charge in [0.15, 0.2) is 0 Å². The van der Waals surface area contributed by atoms with Crippen molar-refractivity contribution in [3.05, 3.63) is 42.2 Å². The molecule has 1 aromatic heterocycles. The first-order valence-corrected chi connectivity index (χ1v) is 6.87. The molecule has 18 heavy (non-hydrogen) atoms. The van der Waals surface area contributed by atoms with Crippen LogP contribution < -0.4 is 0 Å². The lowest BCUT2D eigenvalue weighted by molar-refractivity contribution is 0.138. The Balaban J connectivity index is 1.74. The summed E-state index contributed by atoms with van der Waals surface area (Å²) in [4.78, 5) is 4.20. The van der Waals surface area contributed by atoms with Gasteiger partial charge in [-0.15, -0.1) is 0 Å². The van der Waals surface area contributed by atoms with E-state index in [4.69, 9.17) is 0 Å². The Labute approximate surface area is 107 Å². The second kappa shape index (κ2) is 3.79. The third-order valence-electron chi connectivity index (χ3n) is 4.87. The van der Waals surface area contributed by atoms with E-state index in [9.17, 15) is 5.11 Å². The maximum Gasteiger partial charge on any atom is 0.0830 e. The lowest BCUT2D eigenvalue weighted by Gasteiger charge is -2.15. The third kappa shape index (κ3) is 1.42. The van der Waals surface area contributed by atoms with E-state index in [1.165, 1.54) is 24.6 Å². The standard InChI is InChI=1S/C16H17NO/c18-16(15-11-4-2-5-12(11)15)13-6-1-3-10-7-8-17-9-14(10)13/h1,3,6-9,11-12,15-16,18H,2,4-5H2. The highest BCUT2D eigenvalue weighted by atomic mass is 16.3. The van der Waals surface area contributed by atoms with E-state index in [-0.39, 0.29) is 6.10 Å². The molecule has 3 unspecified atom stereocenters. The summed E-state index contributed by atoms with van der Waals surface area (Å²) in [7, 11) is 0. The minimum absolute atomic E-state index is 0.298. The molecule has 2 saturated carbocycles. The van der Waals surface area contributed by atoms with Gasteiger partial charge >= 0.3 is 0 Å². The molecular weight excluding hydrogens is 222 g/mol. The highest BCUT2D eigenvalue weighted by molar-refractivity contribution is 5.85. The van der Waals surface area contributed by atoms with Crippen LogP contribution in [0.1, 0.15) is 30.9 Å². The van der Waals surface area contributed by atoms with Crippen LogP contribution in [-0.2, 0) is 0 Å². The monoisotopic (exact) mass is 239 g/mol. The molecule has 0 bridgehead atoms. The first-order chi connectivity index (χ1) is 8.86. The molecule has 2 fully saturated rings. The summed E-state index contributed by atoms with van der Waals surface area (Å²) in [5.41, 5.74) is 1.07. The van der Waals surface area contributed by atoms with Crippen LogP contribution in [0.3, 0.4) is 0 Å². The molecule has 1 aromatic carbocycles. The number of rotatable bonds is 2. The molecular formula is C16H17NO. The van der Waals surface area contributed by atoms with Gasteiger partial charge < -0.3 is 5.11 Å². The topological polar surface area (TPSA) is 33.1 Å². The first-order valence-electron chi connectivity index (χ1n) is 6.87. The SMILES string of the molecule is OC(c1cccc2ccncc12)C1C2CCCC21. The molecule has 0 radical (unpaired) electrons. The summed E-state index contributed by atoms with van der Waals surface area (Å²) in [6.45, 7) is 0. The molecule has 2 aromatic rings. The Morgan fingerprint density at radius 1 is 1.17 bits per heavy atom.